The molecule has 1 N–H and O–H groups in total. The number of carbonyl (C=O) groups excluding carboxylic acids is 1. The van der Waals surface area contributed by atoms with E-state index in [0.29, 0.717) is 38.9 Å². The molecule has 1 aromatic carbocycles. The molecule has 2 aromatic heterocycles. The largest absolute Gasteiger partial charge is 0.337 e. The topological polar surface area (TPSA) is 71.0 Å². The Balaban J connectivity index is 1.98. The van der Waals surface area contributed by atoms with E-state index < -0.39 is 0 Å². The highest BCUT2D eigenvalue weighted by atomic mass is 35.5. The molecule has 0 aliphatic rings. The first-order valence-electron chi connectivity index (χ1n) is 7.53. The molecule has 0 unspecified atom stereocenters. The first-order valence-corrected chi connectivity index (χ1v) is 8.29. The highest BCUT2D eigenvalue weighted by Gasteiger charge is 2.20. The SMILES string of the molecule is Cc1cc(C(=O)N(C)Cc2ccc(Cl)c(Cl)c2)c2c(=O)[nH]n(C)c2n1. The van der Waals surface area contributed by atoms with Crippen molar-refractivity contribution in [2.24, 2.45) is 7.05 Å². The number of amides is 1. The van der Waals surface area contributed by atoms with Gasteiger partial charge in [-0.15, -0.1) is 0 Å². The molecule has 3 aromatic rings. The number of H-pyrrole nitrogens is 1. The minimum atomic E-state index is -0.337. The molecule has 0 aliphatic carbocycles. The van der Waals surface area contributed by atoms with E-state index in [1.807, 2.05) is 0 Å². The maximum Gasteiger partial charge on any atom is 0.274 e. The fourth-order valence-electron chi connectivity index (χ4n) is 2.74. The Morgan fingerprint density at radius 1 is 1.28 bits per heavy atom. The van der Waals surface area contributed by atoms with Crippen LogP contribution in [-0.4, -0.2) is 32.6 Å². The van der Waals surface area contributed by atoms with E-state index in [2.05, 4.69) is 10.1 Å². The Hall–Kier alpha value is -2.31. The van der Waals surface area contributed by atoms with Gasteiger partial charge in [-0.2, -0.15) is 0 Å². The number of nitrogens with one attached hydrogen (secondary N) is 1. The van der Waals surface area contributed by atoms with Crippen LogP contribution in [0.15, 0.2) is 29.1 Å². The van der Waals surface area contributed by atoms with Crippen molar-refractivity contribution in [2.45, 2.75) is 13.5 Å². The Kier molecular flexibility index (Phi) is 4.58. The van der Waals surface area contributed by atoms with Gasteiger partial charge in [0.05, 0.1) is 21.0 Å². The third-order valence-corrected chi connectivity index (χ3v) is 4.66. The lowest BCUT2D eigenvalue weighted by Gasteiger charge is -2.18. The first kappa shape index (κ1) is 17.5. The van der Waals surface area contributed by atoms with E-state index in [0.717, 1.165) is 5.56 Å². The van der Waals surface area contributed by atoms with Crippen molar-refractivity contribution in [1.29, 1.82) is 0 Å². The van der Waals surface area contributed by atoms with Crippen LogP contribution in [0, 0.1) is 6.92 Å². The number of halogens is 2. The van der Waals surface area contributed by atoms with Crippen LogP contribution in [-0.2, 0) is 13.6 Å². The number of aromatic nitrogens is 3. The maximum atomic E-state index is 12.9. The van der Waals surface area contributed by atoms with Crippen molar-refractivity contribution in [3.8, 4) is 0 Å². The summed E-state index contributed by atoms with van der Waals surface area (Å²) in [5.74, 6) is -0.265. The molecule has 0 aliphatic heterocycles. The molecule has 25 heavy (non-hydrogen) atoms. The van der Waals surface area contributed by atoms with Crippen molar-refractivity contribution in [2.75, 3.05) is 7.05 Å². The van der Waals surface area contributed by atoms with Crippen LogP contribution in [0.2, 0.25) is 10.0 Å². The summed E-state index contributed by atoms with van der Waals surface area (Å²) in [7, 11) is 3.35. The van der Waals surface area contributed by atoms with E-state index in [1.54, 1.807) is 45.3 Å². The van der Waals surface area contributed by atoms with Crippen LogP contribution in [0.4, 0.5) is 0 Å². The van der Waals surface area contributed by atoms with Gasteiger partial charge in [-0.1, -0.05) is 29.3 Å². The summed E-state index contributed by atoms with van der Waals surface area (Å²) in [4.78, 5) is 30.9. The molecular weight excluding hydrogens is 363 g/mol. The fraction of sp³-hybridized carbons (Fsp3) is 0.235. The number of fused-ring (bicyclic) bond motifs is 1. The average molecular weight is 379 g/mol. The zero-order chi connectivity index (χ0) is 18.3. The lowest BCUT2D eigenvalue weighted by atomic mass is 10.1. The summed E-state index contributed by atoms with van der Waals surface area (Å²) in [6.07, 6.45) is 0. The van der Waals surface area contributed by atoms with Crippen LogP contribution in [0.3, 0.4) is 0 Å². The van der Waals surface area contributed by atoms with Gasteiger partial charge in [-0.05, 0) is 30.7 Å². The highest BCUT2D eigenvalue weighted by Crippen LogP contribution is 2.24. The van der Waals surface area contributed by atoms with Gasteiger partial charge in [0.25, 0.3) is 11.5 Å². The van der Waals surface area contributed by atoms with Crippen molar-refractivity contribution in [3.05, 3.63) is 61.5 Å². The Morgan fingerprint density at radius 2 is 2.00 bits per heavy atom. The molecule has 0 saturated carbocycles. The number of rotatable bonds is 3. The Morgan fingerprint density at radius 3 is 2.68 bits per heavy atom. The van der Waals surface area contributed by atoms with Crippen LogP contribution < -0.4 is 5.56 Å². The summed E-state index contributed by atoms with van der Waals surface area (Å²) in [5.41, 5.74) is 1.95. The van der Waals surface area contributed by atoms with Crippen molar-refractivity contribution in [1.82, 2.24) is 19.7 Å². The molecule has 6 nitrogen and oxygen atoms in total. The first-order chi connectivity index (χ1) is 11.8. The number of benzene rings is 1. The van der Waals surface area contributed by atoms with E-state index in [1.165, 1.54) is 9.58 Å². The van der Waals surface area contributed by atoms with Crippen LogP contribution in [0.5, 0.6) is 0 Å². The quantitative estimate of drug-likeness (QED) is 0.760. The minimum absolute atomic E-state index is 0.265. The second-order valence-electron chi connectivity index (χ2n) is 5.92. The molecule has 0 saturated heterocycles. The number of carbonyl (C=O) groups is 1. The standard InChI is InChI=1S/C17H16Cl2N4O2/c1-9-6-11(14-15(20-9)23(3)21-16(14)24)17(25)22(2)8-10-4-5-12(18)13(19)7-10/h4-7H,8H2,1-3H3,(H,21,24). The van der Waals surface area contributed by atoms with Crippen molar-refractivity contribution in [3.63, 3.8) is 0 Å². The Labute approximate surface area is 154 Å². The third kappa shape index (κ3) is 3.27. The second kappa shape index (κ2) is 6.54. The number of aromatic amines is 1. The summed E-state index contributed by atoms with van der Waals surface area (Å²) >= 11 is 11.9. The second-order valence-corrected chi connectivity index (χ2v) is 6.73. The lowest BCUT2D eigenvalue weighted by Crippen LogP contribution is -2.27. The van der Waals surface area contributed by atoms with Gasteiger partial charge in [0.2, 0.25) is 0 Å². The van der Waals surface area contributed by atoms with Gasteiger partial charge in [-0.25, -0.2) is 4.98 Å². The van der Waals surface area contributed by atoms with Gasteiger partial charge in [0.1, 0.15) is 0 Å². The summed E-state index contributed by atoms with van der Waals surface area (Å²) in [6.45, 7) is 2.12. The number of hydrogen-bond donors (Lipinski definition) is 1. The zero-order valence-electron chi connectivity index (χ0n) is 13.9. The van der Waals surface area contributed by atoms with Crippen LogP contribution >= 0.6 is 23.2 Å². The molecular formula is C17H16Cl2N4O2. The molecule has 1 amide bonds. The van der Waals surface area contributed by atoms with E-state index in [4.69, 9.17) is 23.2 Å². The zero-order valence-corrected chi connectivity index (χ0v) is 15.4. The third-order valence-electron chi connectivity index (χ3n) is 3.92. The van der Waals surface area contributed by atoms with Crippen LogP contribution in [0.1, 0.15) is 21.6 Å². The molecule has 8 heteroatoms. The predicted molar refractivity (Wildman–Crippen MR) is 98.3 cm³/mol. The molecule has 2 heterocycles. The lowest BCUT2D eigenvalue weighted by molar-refractivity contribution is 0.0787. The molecule has 0 bridgehead atoms. The van der Waals surface area contributed by atoms with Crippen LogP contribution in [0.25, 0.3) is 11.0 Å². The van der Waals surface area contributed by atoms with Crippen molar-refractivity contribution >= 4 is 40.1 Å². The van der Waals surface area contributed by atoms with Gasteiger partial charge < -0.3 is 4.90 Å². The fourth-order valence-corrected chi connectivity index (χ4v) is 3.06. The van der Waals surface area contributed by atoms with Gasteiger partial charge in [0.15, 0.2) is 5.65 Å². The maximum absolute atomic E-state index is 12.9. The summed E-state index contributed by atoms with van der Waals surface area (Å²) in [6, 6.07) is 6.84. The molecule has 130 valence electrons. The number of aryl methyl sites for hydroxylation is 2. The molecule has 0 atom stereocenters. The molecule has 3 rings (SSSR count). The smallest absolute Gasteiger partial charge is 0.274 e. The minimum Gasteiger partial charge on any atom is -0.337 e. The summed E-state index contributed by atoms with van der Waals surface area (Å²) in [5, 5.41) is 3.82. The summed E-state index contributed by atoms with van der Waals surface area (Å²) < 4.78 is 1.51. The van der Waals surface area contributed by atoms with Gasteiger partial charge in [0, 0.05) is 26.3 Å². The highest BCUT2D eigenvalue weighted by molar-refractivity contribution is 6.42. The molecule has 0 radical (unpaired) electrons. The molecule has 0 spiro atoms. The number of nitrogens with zero attached hydrogens (tertiary/aromatic N) is 3. The molecule has 0 fully saturated rings. The van der Waals surface area contributed by atoms with E-state index in [-0.39, 0.29) is 11.5 Å². The number of hydrogen-bond acceptors (Lipinski definition) is 3. The normalized spacial score (nSPS) is 11.1. The van der Waals surface area contributed by atoms with Crippen molar-refractivity contribution < 1.29 is 4.79 Å². The monoisotopic (exact) mass is 378 g/mol. The Bertz CT molecular complexity index is 1040. The van der Waals surface area contributed by atoms with E-state index >= 15 is 0 Å². The predicted octanol–water partition coefficient (Wildman–Crippen LogP) is 3.15. The van der Waals surface area contributed by atoms with Gasteiger partial charge >= 0.3 is 0 Å². The van der Waals surface area contributed by atoms with E-state index in [9.17, 15) is 9.59 Å². The average Bonchev–Trinajstić information content (AvgIpc) is 2.83. The van der Waals surface area contributed by atoms with Gasteiger partial charge in [-0.3, -0.25) is 19.4 Å². The number of pyridine rings is 1.